The first-order chi connectivity index (χ1) is 6.77. The summed E-state index contributed by atoms with van der Waals surface area (Å²) >= 11 is 0. The fraction of sp³-hybridized carbons (Fsp3) is 0.222. The largest absolute Gasteiger partial charge is 0.462 e. The van der Waals surface area contributed by atoms with Crippen LogP contribution in [0.2, 0.25) is 0 Å². The first kappa shape index (κ1) is 9.99. The number of hydrogen-bond donors (Lipinski definition) is 1. The van der Waals surface area contributed by atoms with Gasteiger partial charge in [-0.3, -0.25) is 0 Å². The minimum absolute atomic E-state index is 0.0678. The smallest absolute Gasteiger partial charge is 0.349 e. The van der Waals surface area contributed by atoms with Crippen molar-refractivity contribution < 1.29 is 9.53 Å². The van der Waals surface area contributed by atoms with Gasteiger partial charge in [0.05, 0.1) is 6.61 Å². The Morgan fingerprint density at radius 2 is 2.64 bits per heavy atom. The number of esters is 1. The molecule has 0 amide bonds. The Morgan fingerprint density at radius 3 is 3.14 bits per heavy atom. The Morgan fingerprint density at radius 1 is 1.86 bits per heavy atom. The van der Waals surface area contributed by atoms with Gasteiger partial charge in [-0.05, 0) is 6.92 Å². The first-order valence-electron chi connectivity index (χ1n) is 4.06. The van der Waals surface area contributed by atoms with Crippen LogP contribution >= 0.6 is 0 Å². The van der Waals surface area contributed by atoms with Crippen molar-refractivity contribution in [1.82, 2.24) is 9.97 Å². The zero-order valence-electron chi connectivity index (χ0n) is 7.65. The van der Waals surface area contributed by atoms with E-state index in [0.717, 1.165) is 0 Å². The summed E-state index contributed by atoms with van der Waals surface area (Å²) in [6.07, 6.45) is 4.48. The second-order valence-electron chi connectivity index (χ2n) is 2.36. The summed E-state index contributed by atoms with van der Waals surface area (Å²) in [5.74, 6) is -0.180. The second-order valence-corrected chi connectivity index (χ2v) is 2.36. The van der Waals surface area contributed by atoms with Crippen LogP contribution in [0.4, 0.5) is 0 Å². The molecule has 0 saturated heterocycles. The van der Waals surface area contributed by atoms with Gasteiger partial charge in [0.1, 0.15) is 17.5 Å². The molecule has 1 rings (SSSR count). The van der Waals surface area contributed by atoms with Crippen molar-refractivity contribution in [3.63, 3.8) is 0 Å². The predicted molar refractivity (Wildman–Crippen MR) is 48.8 cm³/mol. The Balaban J connectivity index is 2.83. The number of carbonyl (C=O) groups excluding carboxylic acids is 1. The molecular weight excluding hydrogens is 182 g/mol. The van der Waals surface area contributed by atoms with Crippen LogP contribution in [0.3, 0.4) is 0 Å². The normalized spacial score (nSPS) is 10.7. The average molecular weight is 191 g/mol. The maximum absolute atomic E-state index is 11.1. The van der Waals surface area contributed by atoms with Gasteiger partial charge in [0, 0.05) is 18.5 Å². The van der Waals surface area contributed by atoms with Gasteiger partial charge < -0.3 is 9.72 Å². The molecule has 1 aromatic rings. The molecule has 0 aliphatic carbocycles. The first-order valence-corrected chi connectivity index (χ1v) is 4.06. The van der Waals surface area contributed by atoms with E-state index in [-0.39, 0.29) is 12.2 Å². The van der Waals surface area contributed by atoms with E-state index in [1.165, 1.54) is 12.3 Å². The molecule has 5 nitrogen and oxygen atoms in total. The second kappa shape index (κ2) is 4.82. The summed E-state index contributed by atoms with van der Waals surface area (Å²) in [6.45, 7) is 1.93. The lowest BCUT2D eigenvalue weighted by Crippen LogP contribution is -2.06. The SMILES string of the molecule is CCOC(=O)C(C#N)=Cc1ncc[nH]1. The molecule has 0 bridgehead atoms. The molecule has 5 heteroatoms. The van der Waals surface area contributed by atoms with Crippen molar-refractivity contribution in [2.24, 2.45) is 0 Å². The van der Waals surface area contributed by atoms with E-state index in [9.17, 15) is 4.79 Å². The molecule has 0 radical (unpaired) electrons. The van der Waals surface area contributed by atoms with E-state index in [4.69, 9.17) is 5.26 Å². The number of aromatic amines is 1. The van der Waals surface area contributed by atoms with Gasteiger partial charge in [0.25, 0.3) is 0 Å². The number of aromatic nitrogens is 2. The summed E-state index contributed by atoms with van der Waals surface area (Å²) in [5, 5.41) is 8.66. The van der Waals surface area contributed by atoms with Crippen molar-refractivity contribution >= 4 is 12.0 Å². The van der Waals surface area contributed by atoms with Crippen molar-refractivity contribution in [2.45, 2.75) is 6.92 Å². The molecule has 0 fully saturated rings. The minimum atomic E-state index is -0.633. The Labute approximate surface area is 81.0 Å². The number of rotatable bonds is 3. The van der Waals surface area contributed by atoms with Crippen molar-refractivity contribution in [3.05, 3.63) is 23.8 Å². The van der Waals surface area contributed by atoms with Crippen LogP contribution in [0.5, 0.6) is 0 Å². The Hall–Kier alpha value is -2.09. The summed E-state index contributed by atoms with van der Waals surface area (Å²) in [5.41, 5.74) is -0.0678. The molecule has 0 unspecified atom stereocenters. The maximum atomic E-state index is 11.1. The maximum Gasteiger partial charge on any atom is 0.349 e. The van der Waals surface area contributed by atoms with Crippen LogP contribution in [0, 0.1) is 11.3 Å². The molecular formula is C9H9N3O2. The standard InChI is InChI=1S/C9H9N3O2/c1-2-14-9(13)7(6-10)5-8-11-3-4-12-8/h3-5H,2H2,1H3,(H,11,12). The molecule has 14 heavy (non-hydrogen) atoms. The number of ether oxygens (including phenoxy) is 1. The van der Waals surface area contributed by atoms with Crippen LogP contribution in [0.1, 0.15) is 12.7 Å². The lowest BCUT2D eigenvalue weighted by atomic mass is 10.3. The van der Waals surface area contributed by atoms with Crippen molar-refractivity contribution in [3.8, 4) is 6.07 Å². The number of carbonyl (C=O) groups is 1. The quantitative estimate of drug-likeness (QED) is 0.437. The average Bonchev–Trinajstić information content (AvgIpc) is 2.66. The van der Waals surface area contributed by atoms with Gasteiger partial charge in [-0.25, -0.2) is 9.78 Å². The fourth-order valence-electron chi connectivity index (χ4n) is 0.839. The number of nitrogens with zero attached hydrogens (tertiary/aromatic N) is 2. The van der Waals surface area contributed by atoms with E-state index in [0.29, 0.717) is 5.82 Å². The third kappa shape index (κ3) is 2.45. The molecule has 72 valence electrons. The van der Waals surface area contributed by atoms with Gasteiger partial charge in [0.15, 0.2) is 0 Å². The predicted octanol–water partition coefficient (Wildman–Crippen LogP) is 0.880. The van der Waals surface area contributed by atoms with Gasteiger partial charge >= 0.3 is 5.97 Å². The monoisotopic (exact) mass is 191 g/mol. The summed E-state index contributed by atoms with van der Waals surface area (Å²) in [6, 6.07) is 1.75. The minimum Gasteiger partial charge on any atom is -0.462 e. The third-order valence-corrected chi connectivity index (χ3v) is 1.42. The molecule has 0 aliphatic heterocycles. The fourth-order valence-corrected chi connectivity index (χ4v) is 0.839. The lowest BCUT2D eigenvalue weighted by molar-refractivity contribution is -0.137. The molecule has 0 aliphatic rings. The Kier molecular flexibility index (Phi) is 3.44. The molecule has 0 atom stereocenters. The van der Waals surface area contributed by atoms with E-state index in [1.54, 1.807) is 19.2 Å². The summed E-state index contributed by atoms with van der Waals surface area (Å²) in [7, 11) is 0. The molecule has 1 heterocycles. The molecule has 0 spiro atoms. The van der Waals surface area contributed by atoms with E-state index < -0.39 is 5.97 Å². The lowest BCUT2D eigenvalue weighted by Gasteiger charge is -1.97. The van der Waals surface area contributed by atoms with Crippen LogP contribution in [0.25, 0.3) is 6.08 Å². The molecule has 1 aromatic heterocycles. The zero-order valence-corrected chi connectivity index (χ0v) is 7.65. The van der Waals surface area contributed by atoms with E-state index >= 15 is 0 Å². The van der Waals surface area contributed by atoms with Gasteiger partial charge in [-0.15, -0.1) is 0 Å². The summed E-state index contributed by atoms with van der Waals surface area (Å²) in [4.78, 5) is 17.8. The number of hydrogen-bond acceptors (Lipinski definition) is 4. The van der Waals surface area contributed by atoms with Gasteiger partial charge in [-0.2, -0.15) is 5.26 Å². The molecule has 1 N–H and O–H groups in total. The number of nitrogens with one attached hydrogen (secondary N) is 1. The van der Waals surface area contributed by atoms with Crippen molar-refractivity contribution in [1.29, 1.82) is 5.26 Å². The van der Waals surface area contributed by atoms with Crippen LogP contribution in [0.15, 0.2) is 18.0 Å². The van der Waals surface area contributed by atoms with Crippen LogP contribution < -0.4 is 0 Å². The highest BCUT2D eigenvalue weighted by Gasteiger charge is 2.09. The number of imidazole rings is 1. The summed E-state index contributed by atoms with van der Waals surface area (Å²) < 4.78 is 4.67. The zero-order chi connectivity index (χ0) is 10.4. The third-order valence-electron chi connectivity index (χ3n) is 1.42. The van der Waals surface area contributed by atoms with E-state index in [2.05, 4.69) is 14.7 Å². The number of nitriles is 1. The Bertz CT molecular complexity index is 373. The number of H-pyrrole nitrogens is 1. The van der Waals surface area contributed by atoms with E-state index in [1.807, 2.05) is 0 Å². The molecule has 0 aromatic carbocycles. The topological polar surface area (TPSA) is 78.8 Å². The van der Waals surface area contributed by atoms with Crippen molar-refractivity contribution in [2.75, 3.05) is 6.61 Å². The van der Waals surface area contributed by atoms with Gasteiger partial charge in [-0.1, -0.05) is 0 Å². The van der Waals surface area contributed by atoms with Gasteiger partial charge in [0.2, 0.25) is 0 Å². The molecule has 0 saturated carbocycles. The highest BCUT2D eigenvalue weighted by Crippen LogP contribution is 2.02. The van der Waals surface area contributed by atoms with Crippen LogP contribution in [-0.4, -0.2) is 22.5 Å². The highest BCUT2D eigenvalue weighted by molar-refractivity contribution is 5.97. The highest BCUT2D eigenvalue weighted by atomic mass is 16.5. The van der Waals surface area contributed by atoms with Crippen LogP contribution in [-0.2, 0) is 9.53 Å².